The number of halogens is 1. The van der Waals surface area contributed by atoms with Crippen molar-refractivity contribution in [1.82, 2.24) is 14.7 Å². The van der Waals surface area contributed by atoms with E-state index in [-0.39, 0.29) is 39.8 Å². The first kappa shape index (κ1) is 33.8. The number of benzene rings is 1. The van der Waals surface area contributed by atoms with E-state index in [4.69, 9.17) is 0 Å². The number of amides is 3. The van der Waals surface area contributed by atoms with Gasteiger partial charge in [-0.25, -0.2) is 0 Å². The Morgan fingerprint density at radius 3 is 2.33 bits per heavy atom. The molecule has 2 bridgehead atoms. The molecule has 3 saturated heterocycles. The third-order valence-corrected chi connectivity index (χ3v) is 12.4. The van der Waals surface area contributed by atoms with Crippen LogP contribution in [0.2, 0.25) is 0 Å². The van der Waals surface area contributed by atoms with Gasteiger partial charge in [0.2, 0.25) is 17.7 Å². The predicted octanol–water partition coefficient (Wildman–Crippen LogP) is 4.93. The van der Waals surface area contributed by atoms with E-state index in [2.05, 4.69) is 63.7 Å². The SMILES string of the molecule is C=CCN(C)C(=O)[C@H]1[C@H]2C(=O)N([C@@H](CO)Cc3ccccc3)C(C(=O)N(CC=C)C(C)(C)CC(C)(C)C)C23CC(Br)[C@@H]1S3. The largest absolute Gasteiger partial charge is 0.394 e. The number of hydrogen-bond acceptors (Lipinski definition) is 5. The molecular formula is C34H48BrN3O4S. The van der Waals surface area contributed by atoms with Crippen LogP contribution in [0.3, 0.4) is 0 Å². The van der Waals surface area contributed by atoms with Gasteiger partial charge in [0.05, 0.1) is 29.2 Å². The Morgan fingerprint density at radius 1 is 1.14 bits per heavy atom. The quantitative estimate of drug-likeness (QED) is 0.252. The van der Waals surface area contributed by atoms with Crippen LogP contribution in [-0.2, 0) is 20.8 Å². The Balaban J connectivity index is 1.86. The third-order valence-electron chi connectivity index (χ3n) is 9.21. The maximum atomic E-state index is 15.1. The minimum atomic E-state index is -0.831. The second-order valence-corrected chi connectivity index (χ2v) is 16.9. The van der Waals surface area contributed by atoms with Gasteiger partial charge < -0.3 is 19.8 Å². The average Bonchev–Trinajstić information content (AvgIpc) is 3.52. The van der Waals surface area contributed by atoms with Gasteiger partial charge in [0.15, 0.2) is 0 Å². The zero-order valence-corrected chi connectivity index (χ0v) is 28.9. The lowest BCUT2D eigenvalue weighted by Crippen LogP contribution is -2.62. The summed E-state index contributed by atoms with van der Waals surface area (Å²) in [5.74, 6) is -1.69. The molecular weight excluding hydrogens is 626 g/mol. The fraction of sp³-hybridized carbons (Fsp3) is 0.618. The van der Waals surface area contributed by atoms with Crippen LogP contribution in [0.1, 0.15) is 53.0 Å². The maximum absolute atomic E-state index is 15.1. The highest BCUT2D eigenvalue weighted by Gasteiger charge is 2.76. The number of likely N-dealkylation sites (N-methyl/N-ethyl adjacent to an activating group) is 1. The van der Waals surface area contributed by atoms with E-state index in [9.17, 15) is 14.7 Å². The van der Waals surface area contributed by atoms with Crippen LogP contribution >= 0.6 is 27.7 Å². The number of hydrogen-bond donors (Lipinski definition) is 1. The van der Waals surface area contributed by atoms with Crippen molar-refractivity contribution in [2.75, 3.05) is 26.7 Å². The first-order valence-corrected chi connectivity index (χ1v) is 17.0. The molecule has 0 aromatic heterocycles. The molecule has 0 radical (unpaired) electrons. The minimum Gasteiger partial charge on any atom is -0.394 e. The molecule has 3 aliphatic heterocycles. The van der Waals surface area contributed by atoms with Gasteiger partial charge in [0, 0.05) is 35.8 Å². The molecule has 43 heavy (non-hydrogen) atoms. The Morgan fingerprint density at radius 2 is 1.77 bits per heavy atom. The Kier molecular flexibility index (Phi) is 9.99. The molecule has 3 amide bonds. The Labute approximate surface area is 270 Å². The number of nitrogens with zero attached hydrogens (tertiary/aromatic N) is 3. The molecule has 3 unspecified atom stereocenters. The number of rotatable bonds is 12. The summed E-state index contributed by atoms with van der Waals surface area (Å²) in [6.07, 6.45) is 5.17. The molecule has 7 atom stereocenters. The molecule has 0 aliphatic carbocycles. The van der Waals surface area contributed by atoms with E-state index in [1.165, 1.54) is 0 Å². The second kappa shape index (κ2) is 12.7. The summed E-state index contributed by atoms with van der Waals surface area (Å²) in [4.78, 5) is 48.9. The monoisotopic (exact) mass is 673 g/mol. The Bertz CT molecular complexity index is 1230. The molecule has 4 rings (SSSR count). The number of thioether (sulfide) groups is 1. The molecule has 3 fully saturated rings. The highest BCUT2D eigenvalue weighted by atomic mass is 79.9. The molecule has 7 nitrogen and oxygen atoms in total. The average molecular weight is 675 g/mol. The summed E-state index contributed by atoms with van der Waals surface area (Å²) in [6, 6.07) is 8.30. The number of alkyl halides is 1. The van der Waals surface area contributed by atoms with Crippen molar-refractivity contribution in [3.8, 4) is 0 Å². The lowest BCUT2D eigenvalue weighted by molar-refractivity contribution is -0.149. The molecule has 236 valence electrons. The number of carbonyl (C=O) groups is 3. The molecule has 3 aliphatic rings. The van der Waals surface area contributed by atoms with Crippen LogP contribution < -0.4 is 0 Å². The summed E-state index contributed by atoms with van der Waals surface area (Å²) in [5.41, 5.74) is 0.389. The van der Waals surface area contributed by atoms with Gasteiger partial charge in [-0.1, -0.05) is 79.2 Å². The summed E-state index contributed by atoms with van der Waals surface area (Å²) in [5, 5.41) is 10.7. The normalized spacial score (nSPS) is 28.9. The van der Waals surface area contributed by atoms with E-state index in [1.54, 1.807) is 40.8 Å². The minimum absolute atomic E-state index is 0.0278. The molecule has 3 heterocycles. The van der Waals surface area contributed by atoms with Crippen molar-refractivity contribution >= 4 is 45.4 Å². The van der Waals surface area contributed by atoms with E-state index < -0.39 is 34.2 Å². The van der Waals surface area contributed by atoms with Crippen molar-refractivity contribution in [2.24, 2.45) is 17.3 Å². The zero-order chi connectivity index (χ0) is 31.9. The van der Waals surface area contributed by atoms with Gasteiger partial charge in [0.1, 0.15) is 6.04 Å². The van der Waals surface area contributed by atoms with Crippen LogP contribution in [0, 0.1) is 17.3 Å². The molecule has 1 spiro atoms. The highest BCUT2D eigenvalue weighted by molar-refractivity contribution is 9.09. The summed E-state index contributed by atoms with van der Waals surface area (Å²) in [6.45, 7) is 18.8. The van der Waals surface area contributed by atoms with E-state index in [0.29, 0.717) is 25.9 Å². The fourth-order valence-corrected chi connectivity index (χ4v) is 11.6. The first-order valence-electron chi connectivity index (χ1n) is 15.2. The van der Waals surface area contributed by atoms with E-state index in [0.717, 1.165) is 12.0 Å². The number of carbonyl (C=O) groups excluding carboxylic acids is 3. The standard InChI is InChI=1S/C34H48BrN3O4S/c1-9-16-36(8)29(40)25-26-30(41)38(23(20-39)18-22-14-12-11-13-15-22)28(34(26)19-24(35)27(25)43-34)31(42)37(17-10-2)33(6,7)21-32(3,4)5/h9-15,23-28,39H,1-2,16-21H2,3-8H3/t23-,24?,25+,26+,27+,28?,34?/m1/s1. The van der Waals surface area contributed by atoms with E-state index in [1.807, 2.05) is 35.2 Å². The summed E-state index contributed by atoms with van der Waals surface area (Å²) < 4.78 is -0.802. The number of likely N-dealkylation sites (tertiary alicyclic amines) is 1. The lowest BCUT2D eigenvalue weighted by Gasteiger charge is -2.46. The lowest BCUT2D eigenvalue weighted by atomic mass is 9.70. The van der Waals surface area contributed by atoms with Gasteiger partial charge >= 0.3 is 0 Å². The van der Waals surface area contributed by atoms with Crippen molar-refractivity contribution in [3.63, 3.8) is 0 Å². The van der Waals surface area contributed by atoms with E-state index >= 15 is 4.79 Å². The van der Waals surface area contributed by atoms with Crippen LogP contribution in [0.25, 0.3) is 0 Å². The van der Waals surface area contributed by atoms with Gasteiger partial charge in [0.25, 0.3) is 0 Å². The predicted molar refractivity (Wildman–Crippen MR) is 178 cm³/mol. The first-order chi connectivity index (χ1) is 20.1. The summed E-state index contributed by atoms with van der Waals surface area (Å²) in [7, 11) is 1.74. The highest BCUT2D eigenvalue weighted by Crippen LogP contribution is 2.68. The van der Waals surface area contributed by atoms with Gasteiger partial charge in [-0.05, 0) is 44.1 Å². The fourth-order valence-electron chi connectivity index (χ4n) is 8.00. The van der Waals surface area contributed by atoms with Crippen molar-refractivity contribution < 1.29 is 19.5 Å². The Hall–Kier alpha value is -2.10. The third kappa shape index (κ3) is 6.23. The van der Waals surface area contributed by atoms with Gasteiger partial charge in [-0.2, -0.15) is 0 Å². The van der Waals surface area contributed by atoms with Gasteiger partial charge in [-0.3, -0.25) is 14.4 Å². The van der Waals surface area contributed by atoms with Crippen LogP contribution in [0.5, 0.6) is 0 Å². The van der Waals surface area contributed by atoms with Crippen LogP contribution in [0.4, 0.5) is 0 Å². The summed E-state index contributed by atoms with van der Waals surface area (Å²) >= 11 is 5.49. The maximum Gasteiger partial charge on any atom is 0.247 e. The van der Waals surface area contributed by atoms with Crippen LogP contribution in [-0.4, -0.2) is 96.7 Å². The molecule has 1 aromatic rings. The number of aliphatic hydroxyl groups is 1. The van der Waals surface area contributed by atoms with Crippen molar-refractivity contribution in [3.05, 3.63) is 61.2 Å². The topological polar surface area (TPSA) is 81.2 Å². The van der Waals surface area contributed by atoms with Gasteiger partial charge in [-0.15, -0.1) is 24.9 Å². The van der Waals surface area contributed by atoms with Crippen molar-refractivity contribution in [1.29, 1.82) is 0 Å². The molecule has 1 N–H and O–H groups in total. The second-order valence-electron chi connectivity index (χ2n) is 14.2. The number of fused-ring (bicyclic) bond motifs is 1. The zero-order valence-electron chi connectivity index (χ0n) is 26.5. The molecule has 9 heteroatoms. The smallest absolute Gasteiger partial charge is 0.247 e. The van der Waals surface area contributed by atoms with Crippen LogP contribution in [0.15, 0.2) is 55.6 Å². The van der Waals surface area contributed by atoms with Crippen molar-refractivity contribution in [2.45, 2.75) is 86.3 Å². The molecule has 0 saturated carbocycles. The molecule has 1 aromatic carbocycles. The number of aliphatic hydroxyl groups excluding tert-OH is 1.